The Labute approximate surface area is 225 Å². The first-order valence-corrected chi connectivity index (χ1v) is 13.1. The number of aliphatic imine (C=N–C) groups is 1. The zero-order valence-electron chi connectivity index (χ0n) is 23.3. The second-order valence-electron chi connectivity index (χ2n) is 9.46. The van der Waals surface area contributed by atoms with Crippen molar-refractivity contribution < 1.29 is 20.1 Å². The Balaban J connectivity index is 1.99. The number of hydrogen-bond acceptors (Lipinski definition) is 8. The SMILES string of the molecule is CCN(CCO)c1ccc(/N=C2\C(C)=C(Nc3ccc(N(CC)CCO)cc3C)C(=O)C(C)=C2O)c(C)c1. The van der Waals surface area contributed by atoms with E-state index in [4.69, 9.17) is 4.99 Å². The van der Waals surface area contributed by atoms with Crippen LogP contribution in [-0.2, 0) is 4.79 Å². The van der Waals surface area contributed by atoms with Crippen LogP contribution in [0.25, 0.3) is 0 Å². The number of carbonyl (C=O) groups is 1. The molecule has 0 aromatic heterocycles. The number of Topliss-reactive ketones (excluding diaryl/α,β-unsaturated/α-hetero) is 1. The standard InChI is InChI=1S/C30H40N4O4/c1-7-33(13-15-35)23-9-11-25(19(3)17-23)31-27-21(5)28(30(38)22(6)29(27)37)32-26-12-10-24(18-20(26)4)34(8-2)14-16-36/h9-12,17-18,31,35-36,38H,7-8,13-16H2,1-6H3/b32-28+. The van der Waals surface area contributed by atoms with Crippen LogP contribution in [0.1, 0.15) is 38.8 Å². The number of likely N-dealkylation sites (N-methyl/N-ethyl adjacent to an activating group) is 2. The van der Waals surface area contributed by atoms with Gasteiger partial charge in [-0.25, -0.2) is 4.99 Å². The Bertz CT molecular complexity index is 1280. The minimum absolute atomic E-state index is 0.0738. The molecule has 0 saturated heterocycles. The summed E-state index contributed by atoms with van der Waals surface area (Å²) in [5, 5.41) is 32.9. The minimum atomic E-state index is -0.271. The Morgan fingerprint density at radius 1 is 0.816 bits per heavy atom. The van der Waals surface area contributed by atoms with Crippen molar-refractivity contribution in [1.82, 2.24) is 0 Å². The highest BCUT2D eigenvalue weighted by Crippen LogP contribution is 2.32. The molecule has 8 nitrogen and oxygen atoms in total. The molecule has 0 bridgehead atoms. The van der Waals surface area contributed by atoms with Crippen LogP contribution < -0.4 is 15.1 Å². The summed E-state index contributed by atoms with van der Waals surface area (Å²) in [5.41, 5.74) is 6.89. The molecule has 1 aliphatic rings. The number of aryl methyl sites for hydroxylation is 2. The Morgan fingerprint density at radius 2 is 1.37 bits per heavy atom. The first kappa shape index (κ1) is 28.9. The monoisotopic (exact) mass is 520 g/mol. The van der Waals surface area contributed by atoms with Gasteiger partial charge in [-0.1, -0.05) is 0 Å². The van der Waals surface area contributed by atoms with Crippen molar-refractivity contribution in [3.8, 4) is 0 Å². The van der Waals surface area contributed by atoms with E-state index in [1.807, 2.05) is 64.1 Å². The number of nitrogens with one attached hydrogen (secondary N) is 1. The number of aliphatic hydroxyl groups is 3. The fraction of sp³-hybridized carbons (Fsp3) is 0.400. The largest absolute Gasteiger partial charge is 0.505 e. The summed E-state index contributed by atoms with van der Waals surface area (Å²) in [4.78, 5) is 22.1. The predicted molar refractivity (Wildman–Crippen MR) is 156 cm³/mol. The summed E-state index contributed by atoms with van der Waals surface area (Å²) in [6.07, 6.45) is 0. The molecular weight excluding hydrogens is 480 g/mol. The Kier molecular flexibility index (Phi) is 9.72. The van der Waals surface area contributed by atoms with Crippen molar-refractivity contribution in [3.05, 3.63) is 70.1 Å². The maximum absolute atomic E-state index is 13.2. The van der Waals surface area contributed by atoms with Crippen LogP contribution in [-0.4, -0.2) is 66.2 Å². The third-order valence-electron chi connectivity index (χ3n) is 6.99. The van der Waals surface area contributed by atoms with Crippen molar-refractivity contribution in [2.75, 3.05) is 54.5 Å². The molecule has 3 rings (SSSR count). The molecule has 204 valence electrons. The zero-order chi connectivity index (χ0) is 28.0. The van der Waals surface area contributed by atoms with Crippen LogP contribution in [0, 0.1) is 13.8 Å². The normalized spacial score (nSPS) is 14.9. The van der Waals surface area contributed by atoms with Crippen LogP contribution >= 0.6 is 0 Å². The van der Waals surface area contributed by atoms with Crippen molar-refractivity contribution in [2.45, 2.75) is 41.5 Å². The summed E-state index contributed by atoms with van der Waals surface area (Å²) in [7, 11) is 0. The highest BCUT2D eigenvalue weighted by atomic mass is 16.3. The van der Waals surface area contributed by atoms with Gasteiger partial charge in [0.15, 0.2) is 0 Å². The molecule has 38 heavy (non-hydrogen) atoms. The number of rotatable bonds is 11. The minimum Gasteiger partial charge on any atom is -0.505 e. The zero-order valence-corrected chi connectivity index (χ0v) is 23.3. The lowest BCUT2D eigenvalue weighted by Gasteiger charge is -2.25. The third-order valence-corrected chi connectivity index (χ3v) is 6.99. The van der Waals surface area contributed by atoms with Crippen molar-refractivity contribution in [1.29, 1.82) is 0 Å². The summed E-state index contributed by atoms with van der Waals surface area (Å²) in [5.74, 6) is -0.390. The van der Waals surface area contributed by atoms with Gasteiger partial charge in [-0.05, 0) is 89.1 Å². The molecule has 8 heteroatoms. The number of carbonyl (C=O) groups excluding carboxylic acids is 1. The van der Waals surface area contributed by atoms with E-state index in [0.717, 1.165) is 41.3 Å². The van der Waals surface area contributed by atoms with Crippen molar-refractivity contribution >= 4 is 34.2 Å². The van der Waals surface area contributed by atoms with E-state index in [9.17, 15) is 20.1 Å². The number of hydrogen-bond donors (Lipinski definition) is 4. The van der Waals surface area contributed by atoms with Gasteiger partial charge >= 0.3 is 0 Å². The molecule has 0 radical (unpaired) electrons. The maximum Gasteiger partial charge on any atom is 0.209 e. The molecule has 0 unspecified atom stereocenters. The van der Waals surface area contributed by atoms with Crippen LogP contribution in [0.4, 0.5) is 22.7 Å². The van der Waals surface area contributed by atoms with E-state index < -0.39 is 0 Å². The van der Waals surface area contributed by atoms with E-state index in [2.05, 4.69) is 15.1 Å². The van der Waals surface area contributed by atoms with Crippen molar-refractivity contribution in [3.63, 3.8) is 0 Å². The van der Waals surface area contributed by atoms with E-state index in [1.165, 1.54) is 0 Å². The van der Waals surface area contributed by atoms with Crippen LogP contribution in [0.3, 0.4) is 0 Å². The highest BCUT2D eigenvalue weighted by molar-refractivity contribution is 6.27. The van der Waals surface area contributed by atoms with Gasteiger partial charge in [0.05, 0.1) is 24.6 Å². The molecule has 2 aromatic carbocycles. The number of allylic oxidation sites excluding steroid dienone is 2. The summed E-state index contributed by atoms with van der Waals surface area (Å²) in [6.45, 7) is 14.2. The van der Waals surface area contributed by atoms with Gasteiger partial charge in [-0.3, -0.25) is 4.79 Å². The van der Waals surface area contributed by atoms with E-state index in [-0.39, 0.29) is 30.3 Å². The topological polar surface area (TPSA) is 109 Å². The molecule has 0 amide bonds. The lowest BCUT2D eigenvalue weighted by Crippen LogP contribution is -2.27. The summed E-state index contributed by atoms with van der Waals surface area (Å²) in [6, 6.07) is 11.8. The van der Waals surface area contributed by atoms with Gasteiger partial charge in [0.1, 0.15) is 11.5 Å². The molecule has 0 heterocycles. The number of nitrogens with zero attached hydrogens (tertiary/aromatic N) is 3. The number of aliphatic hydroxyl groups excluding tert-OH is 3. The fourth-order valence-electron chi connectivity index (χ4n) is 4.61. The lowest BCUT2D eigenvalue weighted by atomic mass is 9.92. The van der Waals surface area contributed by atoms with Crippen LogP contribution in [0.15, 0.2) is 64.0 Å². The van der Waals surface area contributed by atoms with Crippen LogP contribution in [0.5, 0.6) is 0 Å². The van der Waals surface area contributed by atoms with E-state index in [1.54, 1.807) is 13.8 Å². The average Bonchev–Trinajstić information content (AvgIpc) is 2.91. The molecule has 2 aromatic rings. The molecule has 0 aliphatic heterocycles. The third kappa shape index (κ3) is 6.09. The lowest BCUT2D eigenvalue weighted by molar-refractivity contribution is -0.112. The second kappa shape index (κ2) is 12.8. The summed E-state index contributed by atoms with van der Waals surface area (Å²) >= 11 is 0. The molecule has 0 fully saturated rings. The smallest absolute Gasteiger partial charge is 0.209 e. The van der Waals surface area contributed by atoms with Gasteiger partial charge in [-0.15, -0.1) is 0 Å². The average molecular weight is 521 g/mol. The fourth-order valence-corrected chi connectivity index (χ4v) is 4.61. The van der Waals surface area contributed by atoms with E-state index >= 15 is 0 Å². The first-order valence-electron chi connectivity index (χ1n) is 13.1. The highest BCUT2D eigenvalue weighted by Gasteiger charge is 2.29. The summed E-state index contributed by atoms with van der Waals surface area (Å²) < 4.78 is 0. The predicted octanol–water partition coefficient (Wildman–Crippen LogP) is 4.81. The first-order chi connectivity index (χ1) is 18.2. The van der Waals surface area contributed by atoms with Crippen LogP contribution in [0.2, 0.25) is 0 Å². The maximum atomic E-state index is 13.2. The molecule has 4 N–H and O–H groups in total. The van der Waals surface area contributed by atoms with Gasteiger partial charge < -0.3 is 30.4 Å². The van der Waals surface area contributed by atoms with Gasteiger partial charge in [0.2, 0.25) is 5.78 Å². The molecule has 1 aliphatic carbocycles. The Morgan fingerprint density at radius 3 is 1.87 bits per heavy atom. The number of ketones is 1. The quantitative estimate of drug-likeness (QED) is 0.315. The van der Waals surface area contributed by atoms with Crippen molar-refractivity contribution in [2.24, 2.45) is 4.99 Å². The van der Waals surface area contributed by atoms with Gasteiger partial charge in [0, 0.05) is 54.4 Å². The Hall–Kier alpha value is -3.62. The number of benzene rings is 2. The number of anilines is 3. The van der Waals surface area contributed by atoms with Gasteiger partial charge in [-0.2, -0.15) is 0 Å². The second-order valence-corrected chi connectivity index (χ2v) is 9.46. The molecule has 0 saturated carbocycles. The van der Waals surface area contributed by atoms with E-state index in [0.29, 0.717) is 35.8 Å². The molecular formula is C30H40N4O4. The van der Waals surface area contributed by atoms with Gasteiger partial charge in [0.25, 0.3) is 0 Å². The molecule has 0 spiro atoms. The molecule has 0 atom stereocenters.